The number of nitrogens with one attached hydrogen (secondary N) is 1. The molecule has 0 amide bonds. The van der Waals surface area contributed by atoms with Gasteiger partial charge < -0.3 is 10.1 Å². The van der Waals surface area contributed by atoms with Gasteiger partial charge in [0.25, 0.3) is 0 Å². The third kappa shape index (κ3) is 3.82. The molecule has 18 heavy (non-hydrogen) atoms. The molecule has 1 N–H and O–H groups in total. The van der Waals surface area contributed by atoms with E-state index in [-0.39, 0.29) is 0 Å². The van der Waals surface area contributed by atoms with Crippen molar-refractivity contribution < 1.29 is 4.74 Å². The molecule has 1 aromatic heterocycles. The molecule has 0 spiro atoms. The van der Waals surface area contributed by atoms with Gasteiger partial charge >= 0.3 is 0 Å². The molecule has 0 saturated carbocycles. The van der Waals surface area contributed by atoms with E-state index in [0.717, 1.165) is 38.4 Å². The zero-order chi connectivity index (χ0) is 12.8. The Balaban J connectivity index is 1.71. The van der Waals surface area contributed by atoms with Crippen LogP contribution in [0, 0.1) is 5.92 Å². The van der Waals surface area contributed by atoms with Crippen molar-refractivity contribution in [1.82, 2.24) is 15.1 Å². The van der Waals surface area contributed by atoms with Crippen LogP contribution < -0.4 is 5.32 Å². The van der Waals surface area contributed by atoms with Crippen LogP contribution in [0.5, 0.6) is 0 Å². The molecule has 0 radical (unpaired) electrons. The summed E-state index contributed by atoms with van der Waals surface area (Å²) in [5, 5.41) is 8.07. The van der Waals surface area contributed by atoms with Crippen molar-refractivity contribution in [2.45, 2.75) is 45.7 Å². The molecule has 0 aliphatic carbocycles. The van der Waals surface area contributed by atoms with Crippen molar-refractivity contribution in [2.75, 3.05) is 19.8 Å². The number of nitrogens with zero attached hydrogens (tertiary/aromatic N) is 2. The molecule has 0 aromatic carbocycles. The second-order valence-corrected chi connectivity index (χ2v) is 5.26. The van der Waals surface area contributed by atoms with Crippen LogP contribution in [0.25, 0.3) is 0 Å². The van der Waals surface area contributed by atoms with Crippen molar-refractivity contribution in [3.63, 3.8) is 0 Å². The Kier molecular flexibility index (Phi) is 5.20. The Morgan fingerprint density at radius 2 is 2.50 bits per heavy atom. The summed E-state index contributed by atoms with van der Waals surface area (Å²) in [5.74, 6) is 0.676. The van der Waals surface area contributed by atoms with Crippen LogP contribution in [0.2, 0.25) is 0 Å². The summed E-state index contributed by atoms with van der Waals surface area (Å²) in [6, 6.07) is 2.60. The van der Waals surface area contributed by atoms with Crippen LogP contribution in [-0.4, -0.2) is 29.5 Å². The molecule has 1 aliphatic rings. The highest BCUT2D eigenvalue weighted by atomic mass is 16.5. The summed E-state index contributed by atoms with van der Waals surface area (Å²) >= 11 is 0. The Labute approximate surface area is 110 Å². The maximum absolute atomic E-state index is 5.48. The van der Waals surface area contributed by atoms with Gasteiger partial charge in [0.05, 0.1) is 12.3 Å². The van der Waals surface area contributed by atoms with Crippen LogP contribution in [0.15, 0.2) is 12.3 Å². The topological polar surface area (TPSA) is 39.1 Å². The highest BCUT2D eigenvalue weighted by Crippen LogP contribution is 2.12. The molecule has 1 aliphatic heterocycles. The monoisotopic (exact) mass is 251 g/mol. The lowest BCUT2D eigenvalue weighted by Gasteiger charge is -2.22. The zero-order valence-corrected chi connectivity index (χ0v) is 11.6. The molecule has 1 fully saturated rings. The molecule has 4 heteroatoms. The molecule has 102 valence electrons. The lowest BCUT2D eigenvalue weighted by atomic mass is 10.0. The first-order valence-electron chi connectivity index (χ1n) is 7.12. The maximum Gasteiger partial charge on any atom is 0.0762 e. The van der Waals surface area contributed by atoms with E-state index in [1.54, 1.807) is 0 Å². The van der Waals surface area contributed by atoms with Gasteiger partial charge in [-0.2, -0.15) is 5.10 Å². The van der Waals surface area contributed by atoms with Gasteiger partial charge in [-0.15, -0.1) is 0 Å². The molecule has 2 unspecified atom stereocenters. The number of ether oxygens (including phenoxy) is 1. The summed E-state index contributed by atoms with van der Waals surface area (Å²) in [7, 11) is 0. The Morgan fingerprint density at radius 1 is 1.61 bits per heavy atom. The molecule has 2 atom stereocenters. The van der Waals surface area contributed by atoms with Gasteiger partial charge in [-0.1, -0.05) is 6.92 Å². The molecular formula is C14H25N3O. The maximum atomic E-state index is 5.48. The fourth-order valence-electron chi connectivity index (χ4n) is 2.28. The average Bonchev–Trinajstić information content (AvgIpc) is 2.88. The number of hydrogen-bond donors (Lipinski definition) is 1. The van der Waals surface area contributed by atoms with Gasteiger partial charge in [0.1, 0.15) is 0 Å². The second kappa shape index (κ2) is 6.90. The smallest absolute Gasteiger partial charge is 0.0762 e. The Hall–Kier alpha value is -0.870. The molecule has 0 bridgehead atoms. The molecule has 1 aromatic rings. The number of aromatic nitrogens is 2. The van der Waals surface area contributed by atoms with Crippen molar-refractivity contribution in [3.05, 3.63) is 18.0 Å². The molecule has 1 saturated heterocycles. The SMILES string of the molecule is CCC(C)n1ccc(CNCC2CCCOC2)n1. The van der Waals surface area contributed by atoms with Gasteiger partial charge in [0, 0.05) is 31.9 Å². The first-order chi connectivity index (χ1) is 8.79. The third-order valence-electron chi connectivity index (χ3n) is 3.70. The molecule has 2 heterocycles. The van der Waals surface area contributed by atoms with Gasteiger partial charge in [-0.05, 0) is 38.2 Å². The number of hydrogen-bond acceptors (Lipinski definition) is 3. The first-order valence-corrected chi connectivity index (χ1v) is 7.12. The lowest BCUT2D eigenvalue weighted by Crippen LogP contribution is -2.29. The minimum atomic E-state index is 0.491. The minimum absolute atomic E-state index is 0.491. The summed E-state index contributed by atoms with van der Waals surface area (Å²) in [6.45, 7) is 8.14. The summed E-state index contributed by atoms with van der Waals surface area (Å²) in [6.07, 6.45) is 5.69. The summed E-state index contributed by atoms with van der Waals surface area (Å²) in [5.41, 5.74) is 1.13. The predicted molar refractivity (Wildman–Crippen MR) is 72.5 cm³/mol. The molecule has 2 rings (SSSR count). The lowest BCUT2D eigenvalue weighted by molar-refractivity contribution is 0.0547. The summed E-state index contributed by atoms with van der Waals surface area (Å²) < 4.78 is 7.53. The third-order valence-corrected chi connectivity index (χ3v) is 3.70. The van der Waals surface area contributed by atoms with Crippen LogP contribution >= 0.6 is 0 Å². The highest BCUT2D eigenvalue weighted by molar-refractivity contribution is 4.99. The fraction of sp³-hybridized carbons (Fsp3) is 0.786. The van der Waals surface area contributed by atoms with Gasteiger partial charge in [0.2, 0.25) is 0 Å². The van der Waals surface area contributed by atoms with Gasteiger partial charge in [0.15, 0.2) is 0 Å². The van der Waals surface area contributed by atoms with E-state index >= 15 is 0 Å². The van der Waals surface area contributed by atoms with E-state index in [1.165, 1.54) is 12.8 Å². The fourth-order valence-corrected chi connectivity index (χ4v) is 2.28. The molecular weight excluding hydrogens is 226 g/mol. The number of rotatable bonds is 6. The standard InChI is InChI=1S/C14H25N3O/c1-3-12(2)17-7-6-14(16-17)10-15-9-13-5-4-8-18-11-13/h6-7,12-13,15H,3-5,8-11H2,1-2H3. The van der Waals surface area contributed by atoms with Crippen LogP contribution in [0.4, 0.5) is 0 Å². The van der Waals surface area contributed by atoms with E-state index in [4.69, 9.17) is 4.74 Å². The van der Waals surface area contributed by atoms with Crippen molar-refractivity contribution in [2.24, 2.45) is 5.92 Å². The van der Waals surface area contributed by atoms with E-state index in [2.05, 4.69) is 41.2 Å². The van der Waals surface area contributed by atoms with E-state index in [1.807, 2.05) is 0 Å². The average molecular weight is 251 g/mol. The largest absolute Gasteiger partial charge is 0.381 e. The van der Waals surface area contributed by atoms with Crippen molar-refractivity contribution in [1.29, 1.82) is 0 Å². The van der Waals surface area contributed by atoms with E-state index in [0.29, 0.717) is 12.0 Å². The van der Waals surface area contributed by atoms with Gasteiger partial charge in [-0.3, -0.25) is 4.68 Å². The quantitative estimate of drug-likeness (QED) is 0.843. The molecule has 4 nitrogen and oxygen atoms in total. The van der Waals surface area contributed by atoms with E-state index < -0.39 is 0 Å². The van der Waals surface area contributed by atoms with Crippen molar-refractivity contribution in [3.8, 4) is 0 Å². The van der Waals surface area contributed by atoms with Crippen LogP contribution in [0.1, 0.15) is 44.8 Å². The Morgan fingerprint density at radius 3 is 3.22 bits per heavy atom. The summed E-state index contributed by atoms with van der Waals surface area (Å²) in [4.78, 5) is 0. The Bertz CT molecular complexity index is 345. The first kappa shape index (κ1) is 13.6. The van der Waals surface area contributed by atoms with Gasteiger partial charge in [-0.25, -0.2) is 0 Å². The minimum Gasteiger partial charge on any atom is -0.381 e. The van der Waals surface area contributed by atoms with E-state index in [9.17, 15) is 0 Å². The van der Waals surface area contributed by atoms with Crippen LogP contribution in [0.3, 0.4) is 0 Å². The predicted octanol–water partition coefficient (Wildman–Crippen LogP) is 2.37. The normalized spacial score (nSPS) is 22.0. The second-order valence-electron chi connectivity index (χ2n) is 5.26. The highest BCUT2D eigenvalue weighted by Gasteiger charge is 2.13. The zero-order valence-electron chi connectivity index (χ0n) is 11.6. The van der Waals surface area contributed by atoms with Crippen LogP contribution in [-0.2, 0) is 11.3 Å². The van der Waals surface area contributed by atoms with Crippen molar-refractivity contribution >= 4 is 0 Å².